The average molecular weight is 289 g/mol. The number of aromatic nitrogens is 4. The largest absolute Gasteiger partial charge is 0.306 e. The van der Waals surface area contributed by atoms with Crippen molar-refractivity contribution in [2.75, 3.05) is 0 Å². The van der Waals surface area contributed by atoms with Crippen molar-refractivity contribution >= 4 is 16.3 Å². The van der Waals surface area contributed by atoms with E-state index in [0.29, 0.717) is 6.54 Å². The molecule has 0 aliphatic heterocycles. The van der Waals surface area contributed by atoms with Crippen LogP contribution in [-0.4, -0.2) is 24.7 Å². The maximum atomic E-state index is 4.60. The number of nitrogens with one attached hydrogen (secondary N) is 1. The summed E-state index contributed by atoms with van der Waals surface area (Å²) in [6.45, 7) is 8.01. The molecule has 0 radical (unpaired) electrons. The van der Waals surface area contributed by atoms with Crippen molar-refractivity contribution in [3.8, 4) is 0 Å². The van der Waals surface area contributed by atoms with Crippen molar-refractivity contribution in [3.63, 3.8) is 0 Å². The summed E-state index contributed by atoms with van der Waals surface area (Å²) in [7, 11) is 0. The first-order valence-corrected chi connectivity index (χ1v) is 7.56. The molecule has 20 heavy (non-hydrogen) atoms. The summed E-state index contributed by atoms with van der Waals surface area (Å²) >= 11 is 1.65. The summed E-state index contributed by atoms with van der Waals surface area (Å²) in [5, 5.41) is 9.93. The number of thiazole rings is 1. The van der Waals surface area contributed by atoms with Crippen molar-refractivity contribution in [2.24, 2.45) is 0 Å². The maximum absolute atomic E-state index is 4.60. The van der Waals surface area contributed by atoms with Gasteiger partial charge in [0.15, 0.2) is 4.96 Å². The predicted molar refractivity (Wildman–Crippen MR) is 81.0 cm³/mol. The van der Waals surface area contributed by atoms with Gasteiger partial charge in [-0.15, -0.1) is 11.3 Å². The monoisotopic (exact) mass is 289 g/mol. The van der Waals surface area contributed by atoms with Gasteiger partial charge in [-0.2, -0.15) is 5.10 Å². The van der Waals surface area contributed by atoms with Gasteiger partial charge in [0.1, 0.15) is 0 Å². The summed E-state index contributed by atoms with van der Waals surface area (Å²) < 4.78 is 4.06. The molecule has 1 N–H and O–H groups in total. The van der Waals surface area contributed by atoms with Crippen LogP contribution in [0.25, 0.3) is 4.96 Å². The van der Waals surface area contributed by atoms with Crippen LogP contribution in [-0.2, 0) is 13.1 Å². The van der Waals surface area contributed by atoms with Gasteiger partial charge in [0.05, 0.1) is 17.9 Å². The third-order valence-corrected chi connectivity index (χ3v) is 3.83. The normalized spacial score (nSPS) is 12.3. The molecule has 3 aromatic heterocycles. The van der Waals surface area contributed by atoms with Gasteiger partial charge in [-0.05, 0) is 26.8 Å². The van der Waals surface area contributed by atoms with E-state index in [-0.39, 0.29) is 5.54 Å². The SMILES string of the molecule is CC(C)(C)NCc1ccnn1Cc1cn2ccsc2n1. The Hall–Kier alpha value is -1.66. The van der Waals surface area contributed by atoms with Crippen LogP contribution in [0.15, 0.2) is 30.0 Å². The quantitative estimate of drug-likeness (QED) is 0.803. The minimum atomic E-state index is 0.103. The molecule has 0 atom stereocenters. The maximum Gasteiger partial charge on any atom is 0.193 e. The summed E-state index contributed by atoms with van der Waals surface area (Å²) in [5.74, 6) is 0. The van der Waals surface area contributed by atoms with Crippen LogP contribution < -0.4 is 5.32 Å². The van der Waals surface area contributed by atoms with Crippen LogP contribution in [0.1, 0.15) is 32.2 Å². The number of rotatable bonds is 4. The zero-order valence-corrected chi connectivity index (χ0v) is 12.8. The highest BCUT2D eigenvalue weighted by atomic mass is 32.1. The molecule has 0 aromatic carbocycles. The van der Waals surface area contributed by atoms with Crippen LogP contribution >= 0.6 is 11.3 Å². The Morgan fingerprint density at radius 1 is 1.35 bits per heavy atom. The lowest BCUT2D eigenvalue weighted by Crippen LogP contribution is -2.35. The van der Waals surface area contributed by atoms with Gasteiger partial charge in [-0.1, -0.05) is 0 Å². The second kappa shape index (κ2) is 5.03. The Labute approximate surface area is 122 Å². The third-order valence-electron chi connectivity index (χ3n) is 3.06. The molecule has 0 aliphatic carbocycles. The zero-order chi connectivity index (χ0) is 14.2. The molecule has 0 spiro atoms. The summed E-state index contributed by atoms with van der Waals surface area (Å²) in [5.41, 5.74) is 2.32. The first-order valence-electron chi connectivity index (χ1n) is 6.68. The Morgan fingerprint density at radius 2 is 2.20 bits per heavy atom. The minimum Gasteiger partial charge on any atom is -0.306 e. The number of nitrogens with zero attached hydrogens (tertiary/aromatic N) is 4. The average Bonchev–Trinajstić information content (AvgIpc) is 3.01. The number of imidazole rings is 1. The van der Waals surface area contributed by atoms with Gasteiger partial charge < -0.3 is 5.32 Å². The molecule has 0 unspecified atom stereocenters. The van der Waals surface area contributed by atoms with Crippen LogP contribution in [0.3, 0.4) is 0 Å². The van der Waals surface area contributed by atoms with E-state index < -0.39 is 0 Å². The van der Waals surface area contributed by atoms with E-state index in [1.54, 1.807) is 11.3 Å². The molecule has 0 amide bonds. The van der Waals surface area contributed by atoms with Crippen molar-refractivity contribution in [2.45, 2.75) is 39.4 Å². The summed E-state index contributed by atoms with van der Waals surface area (Å²) in [4.78, 5) is 5.63. The van der Waals surface area contributed by atoms with Crippen molar-refractivity contribution < 1.29 is 0 Å². The van der Waals surface area contributed by atoms with Crippen molar-refractivity contribution in [1.82, 2.24) is 24.5 Å². The van der Waals surface area contributed by atoms with Gasteiger partial charge in [0.25, 0.3) is 0 Å². The molecule has 0 saturated heterocycles. The highest BCUT2D eigenvalue weighted by Gasteiger charge is 2.11. The highest BCUT2D eigenvalue weighted by molar-refractivity contribution is 7.15. The van der Waals surface area contributed by atoms with Gasteiger partial charge in [-0.25, -0.2) is 4.98 Å². The first-order chi connectivity index (χ1) is 9.51. The van der Waals surface area contributed by atoms with Crippen LogP contribution in [0.2, 0.25) is 0 Å². The van der Waals surface area contributed by atoms with E-state index >= 15 is 0 Å². The van der Waals surface area contributed by atoms with E-state index in [2.05, 4.69) is 52.8 Å². The molecule has 3 heterocycles. The Bertz CT molecular complexity index is 672. The van der Waals surface area contributed by atoms with Gasteiger partial charge >= 0.3 is 0 Å². The lowest BCUT2D eigenvalue weighted by atomic mass is 10.1. The zero-order valence-electron chi connectivity index (χ0n) is 12.0. The standard InChI is InChI=1S/C14H19N5S/c1-14(2,3)15-8-12-4-5-16-19(12)10-11-9-18-6-7-20-13(18)17-11/h4-7,9,15H,8,10H2,1-3H3. The fraction of sp³-hybridized carbons (Fsp3) is 0.429. The molecule has 0 aliphatic rings. The molecule has 0 fully saturated rings. The summed E-state index contributed by atoms with van der Waals surface area (Å²) in [6, 6.07) is 2.05. The fourth-order valence-corrected chi connectivity index (χ4v) is 2.73. The number of hydrogen-bond donors (Lipinski definition) is 1. The molecule has 5 nitrogen and oxygen atoms in total. The lowest BCUT2D eigenvalue weighted by Gasteiger charge is -2.20. The van der Waals surface area contributed by atoms with E-state index in [4.69, 9.17) is 0 Å². The summed E-state index contributed by atoms with van der Waals surface area (Å²) in [6.07, 6.45) is 5.94. The van der Waals surface area contributed by atoms with E-state index in [9.17, 15) is 0 Å². The molecule has 0 saturated carbocycles. The van der Waals surface area contributed by atoms with Gasteiger partial charge in [0.2, 0.25) is 0 Å². The second-order valence-electron chi connectivity index (χ2n) is 5.91. The van der Waals surface area contributed by atoms with Crippen LogP contribution in [0.5, 0.6) is 0 Å². The Balaban J connectivity index is 1.74. The van der Waals surface area contributed by atoms with Crippen molar-refractivity contribution in [3.05, 3.63) is 41.4 Å². The lowest BCUT2D eigenvalue weighted by molar-refractivity contribution is 0.413. The second-order valence-corrected chi connectivity index (χ2v) is 6.78. The van der Waals surface area contributed by atoms with E-state index in [1.807, 2.05) is 22.5 Å². The minimum absolute atomic E-state index is 0.103. The third kappa shape index (κ3) is 2.91. The molecule has 106 valence electrons. The Morgan fingerprint density at radius 3 is 2.95 bits per heavy atom. The van der Waals surface area contributed by atoms with Crippen LogP contribution in [0.4, 0.5) is 0 Å². The molecule has 3 aromatic rings. The van der Waals surface area contributed by atoms with Crippen molar-refractivity contribution in [1.29, 1.82) is 0 Å². The molecular formula is C14H19N5S. The number of hydrogen-bond acceptors (Lipinski definition) is 4. The molecular weight excluding hydrogens is 270 g/mol. The first kappa shape index (κ1) is 13.3. The molecule has 6 heteroatoms. The molecule has 3 rings (SSSR count). The van der Waals surface area contributed by atoms with Crippen LogP contribution in [0, 0.1) is 0 Å². The van der Waals surface area contributed by atoms with Gasteiger partial charge in [0, 0.05) is 36.1 Å². The van der Waals surface area contributed by atoms with E-state index in [0.717, 1.165) is 17.2 Å². The predicted octanol–water partition coefficient (Wildman–Crippen LogP) is 2.53. The highest BCUT2D eigenvalue weighted by Crippen LogP contribution is 2.13. The topological polar surface area (TPSA) is 47.2 Å². The van der Waals surface area contributed by atoms with E-state index in [1.165, 1.54) is 5.69 Å². The molecule has 0 bridgehead atoms. The number of fused-ring (bicyclic) bond motifs is 1. The van der Waals surface area contributed by atoms with Gasteiger partial charge in [-0.3, -0.25) is 9.08 Å². The fourth-order valence-electron chi connectivity index (χ4n) is 2.01. The Kier molecular flexibility index (Phi) is 3.35. The smallest absolute Gasteiger partial charge is 0.193 e.